The van der Waals surface area contributed by atoms with Gasteiger partial charge in [0.25, 0.3) is 0 Å². The molecule has 108 valence electrons. The number of rotatable bonds is 7. The molecule has 0 spiro atoms. The van der Waals surface area contributed by atoms with Gasteiger partial charge in [-0.3, -0.25) is 4.90 Å². The summed E-state index contributed by atoms with van der Waals surface area (Å²) < 4.78 is 0. The smallest absolute Gasteiger partial charge is 0.0558 e. The highest BCUT2D eigenvalue weighted by atomic mass is 32.1. The maximum Gasteiger partial charge on any atom is 0.0558 e. The third-order valence-electron chi connectivity index (χ3n) is 3.43. The number of hydrogen-bond acceptors (Lipinski definition) is 3. The van der Waals surface area contributed by atoms with Crippen molar-refractivity contribution in [3.8, 4) is 0 Å². The standard InChI is InChI=1S/C17H23NOS/c1-14(2)16-7-5-15(6-8-16)12-18(9-10-19)13-17-4-3-11-20-17/h3-8,11,14,19H,9-10,12-13H2,1-2H3. The van der Waals surface area contributed by atoms with E-state index in [1.54, 1.807) is 11.3 Å². The second-order valence-electron chi connectivity index (χ2n) is 5.41. The van der Waals surface area contributed by atoms with Crippen molar-refractivity contribution in [1.82, 2.24) is 4.90 Å². The first-order chi connectivity index (χ1) is 9.69. The minimum absolute atomic E-state index is 0.204. The molecule has 3 heteroatoms. The van der Waals surface area contributed by atoms with E-state index in [-0.39, 0.29) is 6.61 Å². The van der Waals surface area contributed by atoms with Crippen molar-refractivity contribution >= 4 is 11.3 Å². The number of benzene rings is 1. The summed E-state index contributed by atoms with van der Waals surface area (Å²) in [6, 6.07) is 13.1. The van der Waals surface area contributed by atoms with E-state index in [0.717, 1.165) is 13.1 Å². The Morgan fingerprint density at radius 3 is 2.40 bits per heavy atom. The normalized spacial score (nSPS) is 11.4. The zero-order chi connectivity index (χ0) is 14.4. The molecule has 0 saturated carbocycles. The molecule has 1 N–H and O–H groups in total. The van der Waals surface area contributed by atoms with Crippen LogP contribution in [0.3, 0.4) is 0 Å². The van der Waals surface area contributed by atoms with E-state index in [2.05, 4.69) is 60.5 Å². The van der Waals surface area contributed by atoms with Gasteiger partial charge in [0.2, 0.25) is 0 Å². The van der Waals surface area contributed by atoms with Gasteiger partial charge in [-0.15, -0.1) is 11.3 Å². The topological polar surface area (TPSA) is 23.5 Å². The van der Waals surface area contributed by atoms with Crippen LogP contribution in [0.5, 0.6) is 0 Å². The molecule has 2 rings (SSSR count). The predicted octanol–water partition coefficient (Wildman–Crippen LogP) is 3.87. The Hall–Kier alpha value is -1.16. The molecule has 1 aromatic carbocycles. The van der Waals surface area contributed by atoms with E-state index in [9.17, 15) is 5.11 Å². The van der Waals surface area contributed by atoms with Crippen LogP contribution < -0.4 is 0 Å². The molecule has 0 unspecified atom stereocenters. The largest absolute Gasteiger partial charge is 0.395 e. The van der Waals surface area contributed by atoms with Crippen LogP contribution in [-0.2, 0) is 13.1 Å². The summed E-state index contributed by atoms with van der Waals surface area (Å²) in [7, 11) is 0. The lowest BCUT2D eigenvalue weighted by atomic mass is 10.0. The van der Waals surface area contributed by atoms with Gasteiger partial charge in [0.15, 0.2) is 0 Å². The monoisotopic (exact) mass is 289 g/mol. The van der Waals surface area contributed by atoms with Crippen LogP contribution in [0, 0.1) is 0 Å². The SMILES string of the molecule is CC(C)c1ccc(CN(CCO)Cc2cccs2)cc1. The van der Waals surface area contributed by atoms with Crippen molar-refractivity contribution in [2.24, 2.45) is 0 Å². The van der Waals surface area contributed by atoms with E-state index < -0.39 is 0 Å². The van der Waals surface area contributed by atoms with Crippen LogP contribution in [-0.4, -0.2) is 23.2 Å². The number of hydrogen-bond donors (Lipinski definition) is 1. The Bertz CT molecular complexity index is 490. The second-order valence-corrected chi connectivity index (χ2v) is 6.44. The van der Waals surface area contributed by atoms with Crippen LogP contribution in [0.4, 0.5) is 0 Å². The van der Waals surface area contributed by atoms with Gasteiger partial charge < -0.3 is 5.11 Å². The molecule has 0 fully saturated rings. The van der Waals surface area contributed by atoms with Gasteiger partial charge in [-0.1, -0.05) is 44.2 Å². The van der Waals surface area contributed by atoms with Gasteiger partial charge in [0.1, 0.15) is 0 Å². The Morgan fingerprint density at radius 2 is 1.85 bits per heavy atom. The minimum atomic E-state index is 0.204. The van der Waals surface area contributed by atoms with Crippen LogP contribution in [0.1, 0.15) is 35.8 Å². The molecule has 2 nitrogen and oxygen atoms in total. The second kappa shape index (κ2) is 7.58. The van der Waals surface area contributed by atoms with Crippen molar-refractivity contribution in [3.63, 3.8) is 0 Å². The molecule has 2 aromatic rings. The summed E-state index contributed by atoms with van der Waals surface area (Å²) in [4.78, 5) is 3.63. The Balaban J connectivity index is 2.00. The summed E-state index contributed by atoms with van der Waals surface area (Å²) in [6.45, 7) is 7.13. The lowest BCUT2D eigenvalue weighted by molar-refractivity contribution is 0.185. The Morgan fingerprint density at radius 1 is 1.10 bits per heavy atom. The van der Waals surface area contributed by atoms with Gasteiger partial charge in [-0.25, -0.2) is 0 Å². The lowest BCUT2D eigenvalue weighted by Crippen LogP contribution is -2.25. The third-order valence-corrected chi connectivity index (χ3v) is 4.29. The highest BCUT2D eigenvalue weighted by Gasteiger charge is 2.08. The first kappa shape index (κ1) is 15.2. The lowest BCUT2D eigenvalue weighted by Gasteiger charge is -2.21. The summed E-state index contributed by atoms with van der Waals surface area (Å²) in [5.41, 5.74) is 2.68. The predicted molar refractivity (Wildman–Crippen MR) is 86.0 cm³/mol. The van der Waals surface area contributed by atoms with Crippen LogP contribution in [0.2, 0.25) is 0 Å². The van der Waals surface area contributed by atoms with Gasteiger partial charge >= 0.3 is 0 Å². The minimum Gasteiger partial charge on any atom is -0.395 e. The van der Waals surface area contributed by atoms with Gasteiger partial charge in [0, 0.05) is 24.5 Å². The summed E-state index contributed by atoms with van der Waals surface area (Å²) in [6.07, 6.45) is 0. The van der Waals surface area contributed by atoms with Crippen LogP contribution in [0.15, 0.2) is 41.8 Å². The highest BCUT2D eigenvalue weighted by molar-refractivity contribution is 7.09. The number of nitrogens with zero attached hydrogens (tertiary/aromatic N) is 1. The fourth-order valence-electron chi connectivity index (χ4n) is 2.24. The molecule has 0 aliphatic rings. The van der Waals surface area contributed by atoms with E-state index in [1.165, 1.54) is 16.0 Å². The van der Waals surface area contributed by atoms with Crippen molar-refractivity contribution in [3.05, 3.63) is 57.8 Å². The van der Waals surface area contributed by atoms with Crippen molar-refractivity contribution < 1.29 is 5.11 Å². The maximum atomic E-state index is 9.22. The van der Waals surface area contributed by atoms with E-state index in [4.69, 9.17) is 0 Å². The summed E-state index contributed by atoms with van der Waals surface area (Å²) >= 11 is 1.77. The average molecular weight is 289 g/mol. The average Bonchev–Trinajstić information content (AvgIpc) is 2.92. The molecule has 1 heterocycles. The zero-order valence-corrected chi connectivity index (χ0v) is 13.1. The quantitative estimate of drug-likeness (QED) is 0.836. The first-order valence-corrected chi connectivity index (χ1v) is 8.01. The summed E-state index contributed by atoms with van der Waals surface area (Å²) in [5.74, 6) is 0.573. The molecule has 0 aliphatic carbocycles. The molecular weight excluding hydrogens is 266 g/mol. The molecule has 0 saturated heterocycles. The molecule has 0 atom stereocenters. The molecule has 0 aliphatic heterocycles. The maximum absolute atomic E-state index is 9.22. The van der Waals surface area contributed by atoms with E-state index in [1.807, 2.05) is 0 Å². The fraction of sp³-hybridized carbons (Fsp3) is 0.412. The first-order valence-electron chi connectivity index (χ1n) is 7.13. The van der Waals surface area contributed by atoms with E-state index in [0.29, 0.717) is 12.5 Å². The van der Waals surface area contributed by atoms with Crippen molar-refractivity contribution in [2.75, 3.05) is 13.2 Å². The molecule has 0 bridgehead atoms. The number of aliphatic hydroxyl groups is 1. The summed E-state index contributed by atoms with van der Waals surface area (Å²) in [5, 5.41) is 11.3. The van der Waals surface area contributed by atoms with Crippen LogP contribution >= 0.6 is 11.3 Å². The van der Waals surface area contributed by atoms with Crippen LogP contribution in [0.25, 0.3) is 0 Å². The van der Waals surface area contributed by atoms with Crippen molar-refractivity contribution in [1.29, 1.82) is 0 Å². The molecule has 0 radical (unpaired) electrons. The highest BCUT2D eigenvalue weighted by Crippen LogP contribution is 2.17. The van der Waals surface area contributed by atoms with Crippen molar-refractivity contribution in [2.45, 2.75) is 32.9 Å². The molecule has 0 amide bonds. The molecule has 1 aromatic heterocycles. The van der Waals surface area contributed by atoms with E-state index >= 15 is 0 Å². The third kappa shape index (κ3) is 4.44. The molecular formula is C17H23NOS. The number of aliphatic hydroxyl groups excluding tert-OH is 1. The van der Waals surface area contributed by atoms with Gasteiger partial charge in [0.05, 0.1) is 6.61 Å². The Kier molecular flexibility index (Phi) is 5.77. The molecule has 20 heavy (non-hydrogen) atoms. The number of thiophene rings is 1. The van der Waals surface area contributed by atoms with Gasteiger partial charge in [-0.2, -0.15) is 0 Å². The fourth-order valence-corrected chi connectivity index (χ4v) is 2.99. The Labute approximate surface area is 125 Å². The van der Waals surface area contributed by atoms with Gasteiger partial charge in [-0.05, 0) is 28.5 Å². The zero-order valence-electron chi connectivity index (χ0n) is 12.2.